The molecule has 0 aliphatic carbocycles. The highest BCUT2D eigenvalue weighted by Gasteiger charge is 2.39. The zero-order valence-electron chi connectivity index (χ0n) is 9.28. The number of pyridine rings is 1. The van der Waals surface area contributed by atoms with Gasteiger partial charge in [-0.2, -0.15) is 0 Å². The Bertz CT molecular complexity index is 494. The molecule has 2 N–H and O–H groups in total. The number of likely N-dealkylation sites (tertiary alicyclic amines) is 1. The van der Waals surface area contributed by atoms with E-state index in [9.17, 15) is 14.7 Å². The Balaban J connectivity index is 2.25. The molecule has 7 heteroatoms. The van der Waals surface area contributed by atoms with Gasteiger partial charge in [-0.3, -0.25) is 9.78 Å². The van der Waals surface area contributed by atoms with Crippen molar-refractivity contribution in [2.24, 2.45) is 0 Å². The smallest absolute Gasteiger partial charge is 0.326 e. The molecule has 2 unspecified atom stereocenters. The molecule has 2 heterocycles. The fraction of sp³-hybridized carbons (Fsp3) is 0.364. The molecule has 2 rings (SSSR count). The highest BCUT2D eigenvalue weighted by atomic mass is 79.9. The fourth-order valence-corrected chi connectivity index (χ4v) is 2.33. The van der Waals surface area contributed by atoms with Gasteiger partial charge in [-0.15, -0.1) is 0 Å². The van der Waals surface area contributed by atoms with Crippen LogP contribution >= 0.6 is 15.9 Å². The van der Waals surface area contributed by atoms with Crippen molar-refractivity contribution in [1.82, 2.24) is 9.88 Å². The third-order valence-corrected chi connectivity index (χ3v) is 3.21. The van der Waals surface area contributed by atoms with Gasteiger partial charge >= 0.3 is 5.97 Å². The summed E-state index contributed by atoms with van der Waals surface area (Å²) in [5, 5.41) is 18.5. The predicted octanol–water partition coefficient (Wildman–Crippen LogP) is 0.504. The summed E-state index contributed by atoms with van der Waals surface area (Å²) in [5.74, 6) is -1.55. The maximum Gasteiger partial charge on any atom is 0.326 e. The maximum atomic E-state index is 12.2. The van der Waals surface area contributed by atoms with E-state index in [0.29, 0.717) is 10.0 Å². The Labute approximate surface area is 111 Å². The number of aromatic nitrogens is 1. The van der Waals surface area contributed by atoms with E-state index in [0.717, 1.165) is 4.90 Å². The van der Waals surface area contributed by atoms with E-state index in [1.54, 1.807) is 6.07 Å². The van der Waals surface area contributed by atoms with E-state index in [2.05, 4.69) is 20.9 Å². The van der Waals surface area contributed by atoms with Crippen molar-refractivity contribution < 1.29 is 19.8 Å². The summed E-state index contributed by atoms with van der Waals surface area (Å²) in [4.78, 5) is 28.2. The lowest BCUT2D eigenvalue weighted by Gasteiger charge is -2.20. The van der Waals surface area contributed by atoms with Crippen LogP contribution in [0.15, 0.2) is 22.9 Å². The van der Waals surface area contributed by atoms with Crippen LogP contribution in [0.3, 0.4) is 0 Å². The lowest BCUT2D eigenvalue weighted by atomic mass is 10.2. The lowest BCUT2D eigenvalue weighted by Crippen LogP contribution is -2.40. The summed E-state index contributed by atoms with van der Waals surface area (Å²) < 4.78 is 0.639. The van der Waals surface area contributed by atoms with Gasteiger partial charge < -0.3 is 15.1 Å². The van der Waals surface area contributed by atoms with Crippen molar-refractivity contribution in [3.8, 4) is 0 Å². The topological polar surface area (TPSA) is 90.7 Å². The van der Waals surface area contributed by atoms with E-state index < -0.39 is 24.0 Å². The van der Waals surface area contributed by atoms with Gasteiger partial charge in [0.1, 0.15) is 6.04 Å². The molecular weight excluding hydrogens is 304 g/mol. The second-order valence-corrected chi connectivity index (χ2v) is 5.01. The van der Waals surface area contributed by atoms with Gasteiger partial charge in [0.05, 0.1) is 11.7 Å². The Kier molecular flexibility index (Phi) is 3.63. The molecule has 1 aliphatic rings. The molecule has 1 fully saturated rings. The van der Waals surface area contributed by atoms with Crippen LogP contribution in [0.2, 0.25) is 0 Å². The molecular formula is C11H11BrN2O4. The van der Waals surface area contributed by atoms with Gasteiger partial charge in [-0.05, 0) is 22.0 Å². The molecule has 1 aromatic heterocycles. The second kappa shape index (κ2) is 5.03. The summed E-state index contributed by atoms with van der Waals surface area (Å²) in [6.45, 7) is 0.0301. The first-order chi connectivity index (χ1) is 8.49. The van der Waals surface area contributed by atoms with Crippen LogP contribution in [0.25, 0.3) is 0 Å². The molecule has 1 aliphatic heterocycles. The van der Waals surface area contributed by atoms with E-state index >= 15 is 0 Å². The van der Waals surface area contributed by atoms with Crippen LogP contribution in [-0.2, 0) is 4.79 Å². The normalized spacial score (nSPS) is 23.1. The molecule has 1 aromatic rings. The molecule has 18 heavy (non-hydrogen) atoms. The quantitative estimate of drug-likeness (QED) is 0.829. The number of carboxylic acid groups (broad SMARTS) is 1. The number of amides is 1. The number of halogens is 1. The highest BCUT2D eigenvalue weighted by Crippen LogP contribution is 2.21. The Morgan fingerprint density at radius 3 is 2.78 bits per heavy atom. The molecule has 0 spiro atoms. The number of carbonyl (C=O) groups is 2. The van der Waals surface area contributed by atoms with Crippen LogP contribution in [0.4, 0.5) is 0 Å². The lowest BCUT2D eigenvalue weighted by molar-refractivity contribution is -0.141. The minimum absolute atomic E-state index is 0.0301. The Morgan fingerprint density at radius 1 is 1.44 bits per heavy atom. The van der Waals surface area contributed by atoms with Crippen molar-refractivity contribution >= 4 is 27.8 Å². The molecule has 96 valence electrons. The average molecular weight is 315 g/mol. The monoisotopic (exact) mass is 314 g/mol. The number of aliphatic hydroxyl groups is 1. The zero-order valence-corrected chi connectivity index (χ0v) is 10.9. The summed E-state index contributed by atoms with van der Waals surface area (Å²) >= 11 is 3.20. The molecule has 0 aromatic carbocycles. The number of carboxylic acids is 1. The third kappa shape index (κ3) is 2.51. The summed E-state index contributed by atoms with van der Waals surface area (Å²) in [7, 11) is 0. The van der Waals surface area contributed by atoms with Crippen molar-refractivity contribution in [3.63, 3.8) is 0 Å². The van der Waals surface area contributed by atoms with Gasteiger partial charge in [0.25, 0.3) is 5.91 Å². The van der Waals surface area contributed by atoms with E-state index in [1.165, 1.54) is 12.4 Å². The second-order valence-electron chi connectivity index (χ2n) is 4.09. The van der Waals surface area contributed by atoms with Crippen molar-refractivity contribution in [1.29, 1.82) is 0 Å². The molecule has 1 saturated heterocycles. The Morgan fingerprint density at radius 2 is 2.17 bits per heavy atom. The van der Waals surface area contributed by atoms with Gasteiger partial charge in [-0.1, -0.05) is 0 Å². The van der Waals surface area contributed by atoms with E-state index in [1.807, 2.05) is 0 Å². The van der Waals surface area contributed by atoms with Crippen LogP contribution in [0.5, 0.6) is 0 Å². The molecule has 2 atom stereocenters. The first-order valence-corrected chi connectivity index (χ1v) is 6.10. The molecule has 0 saturated carbocycles. The van der Waals surface area contributed by atoms with Gasteiger partial charge in [-0.25, -0.2) is 4.79 Å². The van der Waals surface area contributed by atoms with E-state index in [-0.39, 0.29) is 13.0 Å². The van der Waals surface area contributed by atoms with Gasteiger partial charge in [0.15, 0.2) is 0 Å². The largest absolute Gasteiger partial charge is 0.480 e. The van der Waals surface area contributed by atoms with E-state index in [4.69, 9.17) is 5.11 Å². The number of carbonyl (C=O) groups excluding carboxylic acids is 1. The third-order valence-electron chi connectivity index (χ3n) is 2.78. The van der Waals surface area contributed by atoms with Crippen LogP contribution in [-0.4, -0.2) is 50.7 Å². The van der Waals surface area contributed by atoms with Crippen LogP contribution in [0, 0.1) is 0 Å². The van der Waals surface area contributed by atoms with Crippen LogP contribution in [0.1, 0.15) is 16.8 Å². The fourth-order valence-electron chi connectivity index (χ4n) is 1.97. The van der Waals surface area contributed by atoms with Crippen molar-refractivity contribution in [2.45, 2.75) is 18.6 Å². The predicted molar refractivity (Wildman–Crippen MR) is 65.0 cm³/mol. The first-order valence-electron chi connectivity index (χ1n) is 5.31. The maximum absolute atomic E-state index is 12.2. The number of aliphatic carboxylic acids is 1. The standard InChI is InChI=1S/C11H11BrN2O4/c12-7-1-6(3-13-4-7)10(16)14-5-8(15)2-9(14)11(17)18/h1,3-4,8-9,15H,2,5H2,(H,17,18). The minimum atomic E-state index is -1.11. The van der Waals surface area contributed by atoms with Crippen LogP contribution < -0.4 is 0 Å². The minimum Gasteiger partial charge on any atom is -0.480 e. The molecule has 1 amide bonds. The Hall–Kier alpha value is -1.47. The number of rotatable bonds is 2. The first kappa shape index (κ1) is 13.0. The number of hydrogen-bond donors (Lipinski definition) is 2. The SMILES string of the molecule is O=C(O)C1CC(O)CN1C(=O)c1cncc(Br)c1. The number of aliphatic hydroxyl groups excluding tert-OH is 1. The van der Waals surface area contributed by atoms with Gasteiger partial charge in [0, 0.05) is 29.8 Å². The van der Waals surface area contributed by atoms with Gasteiger partial charge in [0.2, 0.25) is 0 Å². The molecule has 0 bridgehead atoms. The number of β-amino-alcohol motifs (C(OH)–C–C–N with tert-alkyl or cyclic N) is 1. The summed E-state index contributed by atoms with van der Waals surface area (Å²) in [6, 6.07) is 0.588. The number of hydrogen-bond acceptors (Lipinski definition) is 4. The van der Waals surface area contributed by atoms with Crippen molar-refractivity contribution in [3.05, 3.63) is 28.5 Å². The molecule has 6 nitrogen and oxygen atoms in total. The molecule has 0 radical (unpaired) electrons. The zero-order chi connectivity index (χ0) is 13.3. The highest BCUT2D eigenvalue weighted by molar-refractivity contribution is 9.10. The average Bonchev–Trinajstić information content (AvgIpc) is 2.70. The van der Waals surface area contributed by atoms with Crippen molar-refractivity contribution in [2.75, 3.05) is 6.54 Å². The number of nitrogens with zero attached hydrogens (tertiary/aromatic N) is 2. The summed E-state index contributed by atoms with van der Waals surface area (Å²) in [5.41, 5.74) is 0.296. The summed E-state index contributed by atoms with van der Waals surface area (Å²) in [6.07, 6.45) is 2.17.